The van der Waals surface area contributed by atoms with Crippen LogP contribution in [0.1, 0.15) is 23.7 Å². The summed E-state index contributed by atoms with van der Waals surface area (Å²) in [6, 6.07) is 5.18. The number of amides is 1. The Labute approximate surface area is 108 Å². The van der Waals surface area contributed by atoms with Crippen LogP contribution in [0.15, 0.2) is 22.7 Å². The van der Waals surface area contributed by atoms with Crippen LogP contribution >= 0.6 is 15.9 Å². The molecular formula is C12H14BrNO3. The van der Waals surface area contributed by atoms with Gasteiger partial charge in [-0.25, -0.2) is 0 Å². The molecule has 0 saturated heterocycles. The molecule has 17 heavy (non-hydrogen) atoms. The van der Waals surface area contributed by atoms with Gasteiger partial charge in [-0.3, -0.25) is 9.59 Å². The summed E-state index contributed by atoms with van der Waals surface area (Å²) in [5, 5.41) is 2.54. The second-order valence-corrected chi connectivity index (χ2v) is 4.31. The van der Waals surface area contributed by atoms with E-state index in [1.54, 1.807) is 25.1 Å². The molecule has 0 spiro atoms. The fraction of sp³-hybridized carbons (Fsp3) is 0.333. The van der Waals surface area contributed by atoms with Crippen molar-refractivity contribution in [1.82, 2.24) is 5.32 Å². The van der Waals surface area contributed by atoms with E-state index in [1.807, 2.05) is 0 Å². The summed E-state index contributed by atoms with van der Waals surface area (Å²) in [6.07, 6.45) is 0.364. The van der Waals surface area contributed by atoms with Gasteiger partial charge in [-0.05, 0) is 18.2 Å². The maximum Gasteiger partial charge on any atom is 0.220 e. The fourth-order valence-electron chi connectivity index (χ4n) is 1.30. The van der Waals surface area contributed by atoms with Gasteiger partial charge in [0.1, 0.15) is 5.75 Å². The summed E-state index contributed by atoms with van der Waals surface area (Å²) >= 11 is 3.29. The first kappa shape index (κ1) is 13.7. The molecule has 1 N–H and O–H groups in total. The summed E-state index contributed by atoms with van der Waals surface area (Å²) in [6.45, 7) is 1.72. The number of carbonyl (C=O) groups excluding carboxylic acids is 2. The second-order valence-electron chi connectivity index (χ2n) is 3.40. The number of hydrogen-bond donors (Lipinski definition) is 1. The van der Waals surface area contributed by atoms with Gasteiger partial charge < -0.3 is 10.1 Å². The molecule has 0 aliphatic rings. The van der Waals surface area contributed by atoms with Crippen LogP contribution in [0.5, 0.6) is 5.75 Å². The third-order valence-corrected chi connectivity index (χ3v) is 2.72. The maximum absolute atomic E-state index is 11.9. The summed E-state index contributed by atoms with van der Waals surface area (Å²) in [4.78, 5) is 22.9. The lowest BCUT2D eigenvalue weighted by Gasteiger charge is -2.08. The molecule has 1 rings (SSSR count). The Bertz CT molecular complexity index is 432. The average molecular weight is 300 g/mol. The third-order valence-electron chi connectivity index (χ3n) is 2.23. The van der Waals surface area contributed by atoms with Gasteiger partial charge in [0, 0.05) is 10.9 Å². The lowest BCUT2D eigenvalue weighted by molar-refractivity contribution is -0.120. The van der Waals surface area contributed by atoms with Crippen LogP contribution in [0.25, 0.3) is 0 Å². The van der Waals surface area contributed by atoms with E-state index in [1.165, 1.54) is 7.11 Å². The monoisotopic (exact) mass is 299 g/mol. The van der Waals surface area contributed by atoms with Crippen molar-refractivity contribution in [1.29, 1.82) is 0 Å². The van der Waals surface area contributed by atoms with E-state index in [0.29, 0.717) is 17.7 Å². The molecule has 0 aromatic heterocycles. The minimum absolute atomic E-state index is 0.0144. The largest absolute Gasteiger partial charge is 0.496 e. The minimum Gasteiger partial charge on any atom is -0.496 e. The predicted molar refractivity (Wildman–Crippen MR) is 68.3 cm³/mol. The van der Waals surface area contributed by atoms with Crippen molar-refractivity contribution < 1.29 is 14.3 Å². The molecule has 0 aliphatic carbocycles. The smallest absolute Gasteiger partial charge is 0.220 e. The van der Waals surface area contributed by atoms with Crippen molar-refractivity contribution in [2.45, 2.75) is 13.3 Å². The highest BCUT2D eigenvalue weighted by atomic mass is 79.9. The van der Waals surface area contributed by atoms with Crippen molar-refractivity contribution in [3.63, 3.8) is 0 Å². The number of rotatable bonds is 5. The van der Waals surface area contributed by atoms with Crippen molar-refractivity contribution >= 4 is 27.6 Å². The van der Waals surface area contributed by atoms with Gasteiger partial charge in [-0.2, -0.15) is 0 Å². The Morgan fingerprint density at radius 1 is 1.41 bits per heavy atom. The molecule has 5 heteroatoms. The zero-order valence-corrected chi connectivity index (χ0v) is 11.3. The van der Waals surface area contributed by atoms with Crippen LogP contribution in [0.2, 0.25) is 0 Å². The molecule has 0 bridgehead atoms. The third kappa shape index (κ3) is 3.85. The fourth-order valence-corrected chi connectivity index (χ4v) is 1.66. The van der Waals surface area contributed by atoms with E-state index in [2.05, 4.69) is 21.2 Å². The van der Waals surface area contributed by atoms with Crippen molar-refractivity contribution in [3.05, 3.63) is 28.2 Å². The highest BCUT2D eigenvalue weighted by Crippen LogP contribution is 2.23. The summed E-state index contributed by atoms with van der Waals surface area (Å²) in [7, 11) is 1.50. The van der Waals surface area contributed by atoms with E-state index in [4.69, 9.17) is 4.74 Å². The Kier molecular flexibility index (Phi) is 5.15. The molecule has 0 saturated carbocycles. The van der Waals surface area contributed by atoms with Gasteiger partial charge in [-0.15, -0.1) is 0 Å². The van der Waals surface area contributed by atoms with Crippen molar-refractivity contribution in [2.24, 2.45) is 0 Å². The molecule has 0 unspecified atom stereocenters. The molecule has 1 aromatic carbocycles. The molecule has 0 fully saturated rings. The van der Waals surface area contributed by atoms with Crippen LogP contribution in [0, 0.1) is 0 Å². The van der Waals surface area contributed by atoms with E-state index < -0.39 is 0 Å². The lowest BCUT2D eigenvalue weighted by Crippen LogP contribution is -2.28. The van der Waals surface area contributed by atoms with Crippen LogP contribution in [0.3, 0.4) is 0 Å². The zero-order valence-electron chi connectivity index (χ0n) is 9.75. The number of benzene rings is 1. The summed E-state index contributed by atoms with van der Waals surface area (Å²) < 4.78 is 5.90. The Morgan fingerprint density at radius 3 is 2.71 bits per heavy atom. The molecule has 1 aromatic rings. The number of Topliss-reactive ketones (excluding diaryl/α,β-unsaturated/α-hetero) is 1. The molecule has 1 amide bonds. The first-order valence-corrected chi connectivity index (χ1v) is 6.01. The van der Waals surface area contributed by atoms with Gasteiger partial charge in [0.05, 0.1) is 19.2 Å². The van der Waals surface area contributed by atoms with E-state index in [0.717, 1.165) is 4.47 Å². The van der Waals surface area contributed by atoms with E-state index in [9.17, 15) is 9.59 Å². The number of nitrogens with one attached hydrogen (secondary N) is 1. The van der Waals surface area contributed by atoms with E-state index >= 15 is 0 Å². The molecular weight excluding hydrogens is 286 g/mol. The van der Waals surface area contributed by atoms with Crippen molar-refractivity contribution in [2.75, 3.05) is 13.7 Å². The van der Waals surface area contributed by atoms with Gasteiger partial charge >= 0.3 is 0 Å². The molecule has 0 aliphatic heterocycles. The SMILES string of the molecule is CCC(=O)NCC(=O)c1cc(Br)ccc1OC. The molecule has 0 atom stereocenters. The number of carbonyl (C=O) groups is 2. The number of ketones is 1. The lowest BCUT2D eigenvalue weighted by atomic mass is 10.1. The number of ether oxygens (including phenoxy) is 1. The summed E-state index contributed by atoms with van der Waals surface area (Å²) in [5.41, 5.74) is 0.457. The van der Waals surface area contributed by atoms with Crippen LogP contribution in [-0.2, 0) is 4.79 Å². The molecule has 0 heterocycles. The van der Waals surface area contributed by atoms with Crippen LogP contribution in [0.4, 0.5) is 0 Å². The quantitative estimate of drug-likeness (QED) is 0.848. The van der Waals surface area contributed by atoms with Crippen LogP contribution in [-0.4, -0.2) is 25.3 Å². The number of hydrogen-bond acceptors (Lipinski definition) is 3. The van der Waals surface area contributed by atoms with Gasteiger partial charge in [-0.1, -0.05) is 22.9 Å². The Balaban J connectivity index is 2.80. The standard InChI is InChI=1S/C12H14BrNO3/c1-3-12(16)14-7-10(15)9-6-8(13)4-5-11(9)17-2/h4-6H,3,7H2,1-2H3,(H,14,16). The van der Waals surface area contributed by atoms with Crippen molar-refractivity contribution in [3.8, 4) is 5.75 Å². The summed E-state index contributed by atoms with van der Waals surface area (Å²) in [5.74, 6) is 0.182. The van der Waals surface area contributed by atoms with Gasteiger partial charge in [0.2, 0.25) is 5.91 Å². The highest BCUT2D eigenvalue weighted by Gasteiger charge is 2.13. The van der Waals surface area contributed by atoms with Crippen LogP contribution < -0.4 is 10.1 Å². The average Bonchev–Trinajstić information content (AvgIpc) is 2.35. The predicted octanol–water partition coefficient (Wildman–Crippen LogP) is 2.17. The van der Waals surface area contributed by atoms with E-state index in [-0.39, 0.29) is 18.2 Å². The maximum atomic E-state index is 11.9. The Hall–Kier alpha value is -1.36. The normalized spacial score (nSPS) is 9.82. The zero-order chi connectivity index (χ0) is 12.8. The second kappa shape index (κ2) is 6.39. The van der Waals surface area contributed by atoms with Gasteiger partial charge in [0.15, 0.2) is 5.78 Å². The minimum atomic E-state index is -0.176. The first-order chi connectivity index (χ1) is 8.08. The molecule has 92 valence electrons. The highest BCUT2D eigenvalue weighted by molar-refractivity contribution is 9.10. The number of methoxy groups -OCH3 is 1. The Morgan fingerprint density at radius 2 is 2.12 bits per heavy atom. The first-order valence-electron chi connectivity index (χ1n) is 5.22. The topological polar surface area (TPSA) is 55.4 Å². The molecule has 4 nitrogen and oxygen atoms in total. The molecule has 0 radical (unpaired) electrons. The number of halogens is 1. The van der Waals surface area contributed by atoms with Gasteiger partial charge in [0.25, 0.3) is 0 Å².